The van der Waals surface area contributed by atoms with Gasteiger partial charge in [-0.25, -0.2) is 4.98 Å². The highest BCUT2D eigenvalue weighted by Gasteiger charge is 2.63. The molecule has 4 fully saturated rings. The van der Waals surface area contributed by atoms with E-state index in [9.17, 15) is 0 Å². The Hall–Kier alpha value is -2.21. The monoisotopic (exact) mass is 442 g/mol. The van der Waals surface area contributed by atoms with Crippen LogP contribution in [0.1, 0.15) is 55.3 Å². The van der Waals surface area contributed by atoms with Crippen molar-refractivity contribution in [2.45, 2.75) is 62.7 Å². The number of hydrogen-bond acceptors (Lipinski definition) is 5. The van der Waals surface area contributed by atoms with Gasteiger partial charge in [-0.3, -0.25) is 9.80 Å². The van der Waals surface area contributed by atoms with Crippen LogP contribution >= 0.6 is 0 Å². The minimum absolute atomic E-state index is 0.236. The number of fused-ring (bicyclic) bond motifs is 2. The van der Waals surface area contributed by atoms with Crippen LogP contribution in [-0.4, -0.2) is 63.8 Å². The van der Waals surface area contributed by atoms with Crippen molar-refractivity contribution in [3.63, 3.8) is 0 Å². The fourth-order valence-electron chi connectivity index (χ4n) is 7.47. The highest BCUT2D eigenvalue weighted by molar-refractivity contribution is 5.79. The molecule has 33 heavy (non-hydrogen) atoms. The summed E-state index contributed by atoms with van der Waals surface area (Å²) < 4.78 is 0. The number of aliphatic hydroxyl groups excluding tert-OH is 1. The van der Waals surface area contributed by atoms with Gasteiger partial charge >= 0.3 is 0 Å². The lowest BCUT2D eigenvalue weighted by Crippen LogP contribution is -2.71. The van der Waals surface area contributed by atoms with Crippen LogP contribution in [0.15, 0.2) is 48.2 Å². The second-order valence-corrected chi connectivity index (χ2v) is 11.2. The molecule has 1 aromatic heterocycles. The molecule has 3 saturated carbocycles. The number of β-amino-alcohol motifs (C(OH)–C–C–N with tert-alkyl or cyclic N) is 1. The van der Waals surface area contributed by atoms with Crippen LogP contribution in [0, 0.1) is 5.92 Å². The van der Waals surface area contributed by atoms with Gasteiger partial charge in [0.1, 0.15) is 5.82 Å². The van der Waals surface area contributed by atoms with Crippen LogP contribution < -0.4 is 5.32 Å². The fourth-order valence-corrected chi connectivity index (χ4v) is 7.47. The Labute approximate surface area is 196 Å². The van der Waals surface area contributed by atoms with Crippen molar-refractivity contribution < 1.29 is 5.11 Å². The van der Waals surface area contributed by atoms with Gasteiger partial charge in [0, 0.05) is 37.4 Å². The van der Waals surface area contributed by atoms with Crippen molar-refractivity contribution >= 4 is 11.4 Å². The molecule has 0 spiro atoms. The zero-order valence-electron chi connectivity index (χ0n) is 19.5. The van der Waals surface area contributed by atoms with Crippen LogP contribution in [0.25, 0.3) is 5.57 Å². The molecule has 0 amide bonds. The van der Waals surface area contributed by atoms with E-state index < -0.39 is 0 Å². The second kappa shape index (κ2) is 7.39. The SMILES string of the molecule is C[C@@H]1CC2=C(Cc3ccccc32)[C@@H](c2ccc(NC3CN(CCO)C3)nc2)N1C12CC(C1)C2. The van der Waals surface area contributed by atoms with Gasteiger partial charge in [0.15, 0.2) is 0 Å². The van der Waals surface area contributed by atoms with E-state index in [1.807, 2.05) is 0 Å². The molecule has 0 radical (unpaired) electrons. The molecule has 0 unspecified atom stereocenters. The first-order valence-corrected chi connectivity index (χ1v) is 12.8. The predicted molar refractivity (Wildman–Crippen MR) is 131 cm³/mol. The summed E-state index contributed by atoms with van der Waals surface area (Å²) in [6.07, 6.45) is 8.57. The Morgan fingerprint density at radius 1 is 1.12 bits per heavy atom. The number of pyridine rings is 1. The molecule has 5 heteroatoms. The normalized spacial score (nSPS) is 33.1. The zero-order valence-corrected chi connectivity index (χ0v) is 19.5. The Morgan fingerprint density at radius 2 is 1.94 bits per heavy atom. The number of rotatable bonds is 6. The van der Waals surface area contributed by atoms with Crippen molar-refractivity contribution in [1.82, 2.24) is 14.8 Å². The molecule has 1 saturated heterocycles. The molecule has 1 aromatic carbocycles. The minimum atomic E-state index is 0.236. The van der Waals surface area contributed by atoms with Crippen LogP contribution in [0.3, 0.4) is 0 Å². The van der Waals surface area contributed by atoms with Crippen molar-refractivity contribution in [2.24, 2.45) is 5.92 Å². The Bertz CT molecular complexity index is 1090. The minimum Gasteiger partial charge on any atom is -0.395 e. The third kappa shape index (κ3) is 3.05. The van der Waals surface area contributed by atoms with E-state index in [1.165, 1.54) is 42.4 Å². The highest BCUT2D eigenvalue weighted by Crippen LogP contribution is 2.65. The number of aromatic nitrogens is 1. The molecule has 3 heterocycles. The van der Waals surface area contributed by atoms with Gasteiger partial charge in [-0.15, -0.1) is 0 Å². The average Bonchev–Trinajstić information content (AvgIpc) is 3.09. The summed E-state index contributed by atoms with van der Waals surface area (Å²) in [7, 11) is 0. The number of benzene rings is 1. The average molecular weight is 443 g/mol. The number of likely N-dealkylation sites (tertiary alicyclic amines) is 1. The summed E-state index contributed by atoms with van der Waals surface area (Å²) in [6, 6.07) is 14.9. The predicted octanol–water partition coefficient (Wildman–Crippen LogP) is 3.87. The van der Waals surface area contributed by atoms with Gasteiger partial charge in [-0.1, -0.05) is 30.3 Å². The van der Waals surface area contributed by atoms with Crippen LogP contribution in [-0.2, 0) is 6.42 Å². The summed E-state index contributed by atoms with van der Waals surface area (Å²) >= 11 is 0. The maximum atomic E-state index is 9.09. The molecular formula is C28H34N4O. The van der Waals surface area contributed by atoms with E-state index in [4.69, 9.17) is 10.1 Å². The Morgan fingerprint density at radius 3 is 2.64 bits per heavy atom. The Balaban J connectivity index is 1.19. The summed E-state index contributed by atoms with van der Waals surface area (Å²) in [5.74, 6) is 1.95. The van der Waals surface area contributed by atoms with Crippen LogP contribution in [0.4, 0.5) is 5.82 Å². The van der Waals surface area contributed by atoms with Gasteiger partial charge in [-0.2, -0.15) is 0 Å². The Kier molecular flexibility index (Phi) is 4.52. The lowest BCUT2D eigenvalue weighted by molar-refractivity contribution is -0.173. The molecule has 5 nitrogen and oxygen atoms in total. The van der Waals surface area contributed by atoms with Gasteiger partial charge in [-0.05, 0) is 78.8 Å². The van der Waals surface area contributed by atoms with Crippen molar-refractivity contribution in [3.05, 3.63) is 64.9 Å². The molecule has 2 N–H and O–H groups in total. The molecule has 8 rings (SSSR count). The first kappa shape index (κ1) is 20.2. The topological polar surface area (TPSA) is 51.6 Å². The number of anilines is 1. The summed E-state index contributed by atoms with van der Waals surface area (Å²) in [4.78, 5) is 10.1. The van der Waals surface area contributed by atoms with Gasteiger partial charge in [0.25, 0.3) is 0 Å². The van der Waals surface area contributed by atoms with E-state index >= 15 is 0 Å². The van der Waals surface area contributed by atoms with E-state index in [0.29, 0.717) is 23.7 Å². The third-order valence-corrected chi connectivity index (χ3v) is 9.07. The summed E-state index contributed by atoms with van der Waals surface area (Å²) in [6.45, 7) is 5.42. The summed E-state index contributed by atoms with van der Waals surface area (Å²) in [5.41, 5.74) is 8.01. The quantitative estimate of drug-likeness (QED) is 0.711. The first-order valence-electron chi connectivity index (χ1n) is 12.8. The third-order valence-electron chi connectivity index (χ3n) is 9.07. The first-order chi connectivity index (χ1) is 16.1. The molecule has 2 atom stereocenters. The molecule has 172 valence electrons. The molecular weight excluding hydrogens is 408 g/mol. The molecule has 4 aliphatic carbocycles. The number of nitrogens with zero attached hydrogens (tertiary/aromatic N) is 3. The molecule has 2 aliphatic heterocycles. The molecule has 2 aromatic rings. The van der Waals surface area contributed by atoms with E-state index in [2.05, 4.69) is 64.6 Å². The van der Waals surface area contributed by atoms with Gasteiger partial charge < -0.3 is 10.4 Å². The van der Waals surface area contributed by atoms with E-state index in [-0.39, 0.29) is 6.61 Å². The van der Waals surface area contributed by atoms with Gasteiger partial charge in [0.2, 0.25) is 0 Å². The zero-order chi connectivity index (χ0) is 22.2. The maximum Gasteiger partial charge on any atom is 0.126 e. The number of hydrogen-bond donors (Lipinski definition) is 2. The number of nitrogens with one attached hydrogen (secondary N) is 1. The van der Waals surface area contributed by atoms with Crippen molar-refractivity contribution in [3.8, 4) is 0 Å². The van der Waals surface area contributed by atoms with Crippen LogP contribution in [0.2, 0.25) is 0 Å². The number of aliphatic hydroxyl groups is 1. The van der Waals surface area contributed by atoms with Crippen LogP contribution in [0.5, 0.6) is 0 Å². The van der Waals surface area contributed by atoms with Crippen molar-refractivity contribution in [2.75, 3.05) is 31.6 Å². The largest absolute Gasteiger partial charge is 0.395 e. The maximum absolute atomic E-state index is 9.09. The molecule has 6 aliphatic rings. The summed E-state index contributed by atoms with van der Waals surface area (Å²) in [5, 5.41) is 12.7. The lowest BCUT2D eigenvalue weighted by Gasteiger charge is -2.70. The fraction of sp³-hybridized carbons (Fsp3) is 0.536. The second-order valence-electron chi connectivity index (χ2n) is 11.2. The molecule has 2 bridgehead atoms. The highest BCUT2D eigenvalue weighted by atomic mass is 16.3. The van der Waals surface area contributed by atoms with E-state index in [1.54, 1.807) is 11.1 Å². The lowest BCUT2D eigenvalue weighted by atomic mass is 9.48. The standard InChI is InChI=1S/C28H34N4O/c1-18-10-24-23-5-3-2-4-20(23)11-25(24)27(32(18)28-12-19(13-28)14-28)21-6-7-26(29-15-21)30-22-16-31(17-22)8-9-33/h2-7,15,18-19,22,27,33H,8-14,16-17H2,1H3,(H,29,30)/t18-,19?,27-,28?/m1/s1. The van der Waals surface area contributed by atoms with Gasteiger partial charge in [0.05, 0.1) is 18.7 Å². The van der Waals surface area contributed by atoms with Crippen molar-refractivity contribution in [1.29, 1.82) is 0 Å². The smallest absolute Gasteiger partial charge is 0.126 e. The van der Waals surface area contributed by atoms with E-state index in [0.717, 1.165) is 37.8 Å².